The van der Waals surface area contributed by atoms with E-state index in [0.717, 1.165) is 18.2 Å². The van der Waals surface area contributed by atoms with Crippen molar-refractivity contribution in [2.45, 2.75) is 0 Å². The van der Waals surface area contributed by atoms with Crippen LogP contribution in [0.4, 0.5) is 8.78 Å². The SMILES string of the molecule is N#Cc1ccc(OCC(=O)OCC(=O)c2ccc(F)c(F)c2)cc1. The third-order valence-corrected chi connectivity index (χ3v) is 2.95. The fourth-order valence-electron chi connectivity index (χ4n) is 1.71. The van der Waals surface area contributed by atoms with Gasteiger partial charge in [-0.25, -0.2) is 13.6 Å². The van der Waals surface area contributed by atoms with Crippen LogP contribution in [0, 0.1) is 23.0 Å². The van der Waals surface area contributed by atoms with Gasteiger partial charge in [-0.2, -0.15) is 5.26 Å². The van der Waals surface area contributed by atoms with Crippen molar-refractivity contribution in [1.29, 1.82) is 5.26 Å². The molecule has 2 aromatic carbocycles. The van der Waals surface area contributed by atoms with Crippen LogP contribution >= 0.6 is 0 Å². The van der Waals surface area contributed by atoms with Crippen molar-refractivity contribution in [2.75, 3.05) is 13.2 Å². The molecule has 0 atom stereocenters. The first kappa shape index (κ1) is 17.1. The summed E-state index contributed by atoms with van der Waals surface area (Å²) in [6.45, 7) is -1.04. The highest BCUT2D eigenvalue weighted by Crippen LogP contribution is 2.12. The molecule has 0 radical (unpaired) electrons. The number of carbonyl (C=O) groups excluding carboxylic acids is 2. The van der Waals surface area contributed by atoms with Gasteiger partial charge in [0.1, 0.15) is 5.75 Å². The van der Waals surface area contributed by atoms with E-state index in [-0.39, 0.29) is 5.56 Å². The van der Waals surface area contributed by atoms with Gasteiger partial charge >= 0.3 is 5.97 Å². The molecular formula is C17H11F2NO4. The molecule has 122 valence electrons. The number of Topliss-reactive ketones (excluding diaryl/α,β-unsaturated/α-hetero) is 1. The Morgan fingerprint density at radius 3 is 2.33 bits per heavy atom. The number of carbonyl (C=O) groups is 2. The lowest BCUT2D eigenvalue weighted by Crippen LogP contribution is -2.19. The number of halogens is 2. The number of hydrogen-bond donors (Lipinski definition) is 0. The fraction of sp³-hybridized carbons (Fsp3) is 0.118. The molecule has 0 unspecified atom stereocenters. The summed E-state index contributed by atoms with van der Waals surface area (Å²) in [6, 6.07) is 10.7. The second-order valence-corrected chi connectivity index (χ2v) is 4.64. The minimum absolute atomic E-state index is 0.102. The number of ether oxygens (including phenoxy) is 2. The van der Waals surface area contributed by atoms with E-state index in [1.807, 2.05) is 6.07 Å². The summed E-state index contributed by atoms with van der Waals surface area (Å²) in [5, 5.41) is 8.65. The first-order valence-electron chi connectivity index (χ1n) is 6.76. The largest absolute Gasteiger partial charge is 0.482 e. The molecule has 7 heteroatoms. The smallest absolute Gasteiger partial charge is 0.344 e. The maximum atomic E-state index is 13.0. The first-order chi connectivity index (χ1) is 11.5. The van der Waals surface area contributed by atoms with Gasteiger partial charge in [-0.05, 0) is 42.5 Å². The normalized spacial score (nSPS) is 9.88. The summed E-state index contributed by atoms with van der Waals surface area (Å²) >= 11 is 0. The molecule has 0 saturated heterocycles. The van der Waals surface area contributed by atoms with Crippen LogP contribution in [0.2, 0.25) is 0 Å². The summed E-state index contributed by atoms with van der Waals surface area (Å²) in [5.41, 5.74) is 0.344. The van der Waals surface area contributed by atoms with Gasteiger partial charge < -0.3 is 9.47 Å². The molecule has 2 aromatic rings. The van der Waals surface area contributed by atoms with Crippen molar-refractivity contribution in [3.05, 3.63) is 65.2 Å². The molecule has 0 aromatic heterocycles. The van der Waals surface area contributed by atoms with Gasteiger partial charge in [-0.15, -0.1) is 0 Å². The fourth-order valence-corrected chi connectivity index (χ4v) is 1.71. The van der Waals surface area contributed by atoms with E-state index in [1.54, 1.807) is 0 Å². The molecule has 0 aliphatic rings. The zero-order chi connectivity index (χ0) is 17.5. The Morgan fingerprint density at radius 1 is 1.00 bits per heavy atom. The van der Waals surface area contributed by atoms with Gasteiger partial charge in [-0.3, -0.25) is 4.79 Å². The van der Waals surface area contributed by atoms with Crippen LogP contribution in [0.5, 0.6) is 5.75 Å². The molecule has 0 heterocycles. The summed E-state index contributed by atoms with van der Waals surface area (Å²) in [4.78, 5) is 23.2. The molecule has 0 aliphatic carbocycles. The van der Waals surface area contributed by atoms with E-state index in [9.17, 15) is 18.4 Å². The van der Waals surface area contributed by atoms with Crippen LogP contribution < -0.4 is 4.74 Å². The average Bonchev–Trinajstić information content (AvgIpc) is 2.60. The van der Waals surface area contributed by atoms with Crippen LogP contribution in [0.3, 0.4) is 0 Å². The number of esters is 1. The van der Waals surface area contributed by atoms with Crippen molar-refractivity contribution >= 4 is 11.8 Å². The molecule has 24 heavy (non-hydrogen) atoms. The predicted molar refractivity (Wildman–Crippen MR) is 78.3 cm³/mol. The third kappa shape index (κ3) is 4.61. The molecule has 0 N–H and O–H groups in total. The highest BCUT2D eigenvalue weighted by atomic mass is 19.2. The van der Waals surface area contributed by atoms with E-state index in [2.05, 4.69) is 0 Å². The van der Waals surface area contributed by atoms with Crippen LogP contribution in [-0.4, -0.2) is 25.0 Å². The predicted octanol–water partition coefficient (Wildman–Crippen LogP) is 2.64. The molecule has 0 spiro atoms. The number of benzene rings is 2. The summed E-state index contributed by atoms with van der Waals surface area (Å²) < 4.78 is 35.7. The molecule has 0 aliphatic heterocycles. The zero-order valence-corrected chi connectivity index (χ0v) is 12.3. The molecular weight excluding hydrogens is 320 g/mol. The van der Waals surface area contributed by atoms with E-state index in [4.69, 9.17) is 14.7 Å². The van der Waals surface area contributed by atoms with Crippen molar-refractivity contribution in [3.63, 3.8) is 0 Å². The topological polar surface area (TPSA) is 76.4 Å². The second-order valence-electron chi connectivity index (χ2n) is 4.64. The quantitative estimate of drug-likeness (QED) is 0.601. The summed E-state index contributed by atoms with van der Waals surface area (Å²) in [7, 11) is 0. The molecule has 0 fully saturated rings. The van der Waals surface area contributed by atoms with Gasteiger partial charge in [0.05, 0.1) is 11.6 Å². The van der Waals surface area contributed by atoms with E-state index >= 15 is 0 Å². The monoisotopic (exact) mass is 331 g/mol. The number of hydrogen-bond acceptors (Lipinski definition) is 5. The zero-order valence-electron chi connectivity index (χ0n) is 12.3. The van der Waals surface area contributed by atoms with Crippen LogP contribution in [0.15, 0.2) is 42.5 Å². The lowest BCUT2D eigenvalue weighted by molar-refractivity contribution is -0.144. The average molecular weight is 331 g/mol. The first-order valence-corrected chi connectivity index (χ1v) is 6.76. The number of nitriles is 1. The van der Waals surface area contributed by atoms with E-state index < -0.39 is 36.6 Å². The minimum Gasteiger partial charge on any atom is -0.482 e. The molecule has 0 saturated carbocycles. The molecule has 0 bridgehead atoms. The maximum Gasteiger partial charge on any atom is 0.344 e. The highest BCUT2D eigenvalue weighted by molar-refractivity contribution is 5.97. The molecule has 5 nitrogen and oxygen atoms in total. The molecule has 2 rings (SSSR count). The van der Waals surface area contributed by atoms with Gasteiger partial charge in [0.15, 0.2) is 30.6 Å². The van der Waals surface area contributed by atoms with Gasteiger partial charge in [0.25, 0.3) is 0 Å². The van der Waals surface area contributed by atoms with Crippen LogP contribution in [-0.2, 0) is 9.53 Å². The van der Waals surface area contributed by atoms with Crippen molar-refractivity contribution in [3.8, 4) is 11.8 Å². The Balaban J connectivity index is 1.80. The van der Waals surface area contributed by atoms with Crippen molar-refractivity contribution < 1.29 is 27.8 Å². The Morgan fingerprint density at radius 2 is 1.71 bits per heavy atom. The minimum atomic E-state index is -1.16. The van der Waals surface area contributed by atoms with Gasteiger partial charge in [0, 0.05) is 5.56 Å². The van der Waals surface area contributed by atoms with Crippen LogP contribution in [0.1, 0.15) is 15.9 Å². The van der Waals surface area contributed by atoms with E-state index in [0.29, 0.717) is 11.3 Å². The number of rotatable bonds is 6. The van der Waals surface area contributed by atoms with Gasteiger partial charge in [-0.1, -0.05) is 0 Å². The standard InChI is InChI=1S/C17H11F2NO4/c18-14-6-3-12(7-15(14)19)16(21)9-24-17(22)10-23-13-4-1-11(8-20)2-5-13/h1-7H,9-10H2. The Kier molecular flexibility index (Phi) is 5.58. The summed E-state index contributed by atoms with van der Waals surface area (Å²) in [6.07, 6.45) is 0. The van der Waals surface area contributed by atoms with Crippen molar-refractivity contribution in [1.82, 2.24) is 0 Å². The lowest BCUT2D eigenvalue weighted by Gasteiger charge is -2.07. The summed E-state index contributed by atoms with van der Waals surface area (Å²) in [5.74, 6) is -3.33. The van der Waals surface area contributed by atoms with Crippen LogP contribution in [0.25, 0.3) is 0 Å². The molecule has 0 amide bonds. The van der Waals surface area contributed by atoms with Gasteiger partial charge in [0.2, 0.25) is 0 Å². The van der Waals surface area contributed by atoms with E-state index in [1.165, 1.54) is 24.3 Å². The number of ketones is 1. The van der Waals surface area contributed by atoms with Crippen molar-refractivity contribution in [2.24, 2.45) is 0 Å². The highest BCUT2D eigenvalue weighted by Gasteiger charge is 2.13. The third-order valence-electron chi connectivity index (χ3n) is 2.95. The Bertz CT molecular complexity index is 797. The number of nitrogens with zero attached hydrogens (tertiary/aromatic N) is 1. The Labute approximate surface area is 136 Å². The second kappa shape index (κ2) is 7.83. The maximum absolute atomic E-state index is 13.0. The Hall–Kier alpha value is -3.27. The lowest BCUT2D eigenvalue weighted by atomic mass is 10.1.